The highest BCUT2D eigenvalue weighted by atomic mass is 19.1. The molecule has 2 aromatic rings. The zero-order chi connectivity index (χ0) is 18.7. The summed E-state index contributed by atoms with van der Waals surface area (Å²) in [6.07, 6.45) is 1.50. The number of halogens is 1. The molecule has 0 amide bonds. The summed E-state index contributed by atoms with van der Waals surface area (Å²) in [6.45, 7) is 0. The highest BCUT2D eigenvalue weighted by molar-refractivity contribution is 6.13. The molecule has 0 N–H and O–H groups in total. The summed E-state index contributed by atoms with van der Waals surface area (Å²) in [5.41, 5.74) is 0.747. The van der Waals surface area contributed by atoms with Gasteiger partial charge in [-0.3, -0.25) is 0 Å². The predicted molar refractivity (Wildman–Crippen MR) is 93.1 cm³/mol. The van der Waals surface area contributed by atoms with E-state index in [1.807, 2.05) is 0 Å². The highest BCUT2D eigenvalue weighted by Gasteiger charge is 2.26. The minimum Gasteiger partial charge on any atom is -0.493 e. The van der Waals surface area contributed by atoms with Crippen LogP contribution in [0, 0.1) is 5.82 Å². The third-order valence-corrected chi connectivity index (χ3v) is 3.72. The second kappa shape index (κ2) is 7.26. The van der Waals surface area contributed by atoms with Gasteiger partial charge in [0.25, 0.3) is 0 Å². The summed E-state index contributed by atoms with van der Waals surface area (Å²) >= 11 is 0. The van der Waals surface area contributed by atoms with Crippen LogP contribution in [0.15, 0.2) is 47.1 Å². The fourth-order valence-corrected chi connectivity index (χ4v) is 2.50. The molecule has 26 heavy (non-hydrogen) atoms. The first-order valence-corrected chi connectivity index (χ1v) is 7.65. The van der Waals surface area contributed by atoms with Gasteiger partial charge in [-0.1, -0.05) is 12.1 Å². The van der Waals surface area contributed by atoms with Crippen LogP contribution >= 0.6 is 0 Å². The standard InChI is InChI=1S/C19H16FNO5/c1-23-15-9-11(10-16(24-2)17(15)25-3)8-14-19(22)26-18(21-14)12-6-4-5-7-13(12)20/h4-10H,1-3H3. The molecule has 0 unspecified atom stereocenters. The molecular weight excluding hydrogens is 341 g/mol. The van der Waals surface area contributed by atoms with Crippen LogP contribution in [-0.4, -0.2) is 33.2 Å². The van der Waals surface area contributed by atoms with Crippen LogP contribution < -0.4 is 14.2 Å². The fraction of sp³-hybridized carbons (Fsp3) is 0.158. The Bertz CT molecular complexity index is 895. The lowest BCUT2D eigenvalue weighted by atomic mass is 10.1. The number of ether oxygens (including phenoxy) is 4. The Morgan fingerprint density at radius 2 is 1.69 bits per heavy atom. The van der Waals surface area contributed by atoms with Crippen LogP contribution in [0.2, 0.25) is 0 Å². The number of methoxy groups -OCH3 is 3. The van der Waals surface area contributed by atoms with Crippen molar-refractivity contribution in [3.05, 3.63) is 59.0 Å². The molecule has 1 aliphatic heterocycles. The number of esters is 1. The zero-order valence-corrected chi connectivity index (χ0v) is 14.4. The third kappa shape index (κ3) is 3.23. The lowest BCUT2D eigenvalue weighted by molar-refractivity contribution is -0.129. The highest BCUT2D eigenvalue weighted by Crippen LogP contribution is 2.39. The van der Waals surface area contributed by atoms with Gasteiger partial charge in [-0.05, 0) is 35.9 Å². The predicted octanol–water partition coefficient (Wildman–Crippen LogP) is 3.20. The van der Waals surface area contributed by atoms with Gasteiger partial charge in [-0.15, -0.1) is 0 Å². The normalized spacial score (nSPS) is 14.8. The molecule has 3 rings (SSSR count). The van der Waals surface area contributed by atoms with Gasteiger partial charge in [0, 0.05) is 0 Å². The molecule has 0 bridgehead atoms. The molecule has 2 aromatic carbocycles. The monoisotopic (exact) mass is 357 g/mol. The molecule has 1 aliphatic rings. The van der Waals surface area contributed by atoms with Crippen LogP contribution in [0.5, 0.6) is 17.2 Å². The van der Waals surface area contributed by atoms with Gasteiger partial charge in [0.15, 0.2) is 17.2 Å². The van der Waals surface area contributed by atoms with Crippen molar-refractivity contribution in [2.75, 3.05) is 21.3 Å². The van der Waals surface area contributed by atoms with Crippen LogP contribution in [0.1, 0.15) is 11.1 Å². The number of hydrogen-bond acceptors (Lipinski definition) is 6. The molecule has 0 saturated heterocycles. The summed E-state index contributed by atoms with van der Waals surface area (Å²) in [7, 11) is 4.48. The quantitative estimate of drug-likeness (QED) is 0.607. The Labute approximate surface area is 149 Å². The van der Waals surface area contributed by atoms with Crippen LogP contribution in [0.3, 0.4) is 0 Å². The van der Waals surface area contributed by atoms with E-state index in [1.54, 1.807) is 24.3 Å². The molecule has 0 fully saturated rings. The van der Waals surface area contributed by atoms with E-state index in [0.717, 1.165) is 0 Å². The first-order chi connectivity index (χ1) is 12.6. The Morgan fingerprint density at radius 1 is 1.04 bits per heavy atom. The van der Waals surface area contributed by atoms with Gasteiger partial charge in [-0.2, -0.15) is 0 Å². The maximum atomic E-state index is 13.9. The number of carbonyl (C=O) groups is 1. The van der Waals surface area contributed by atoms with Gasteiger partial charge in [0.1, 0.15) is 5.82 Å². The average Bonchev–Trinajstić information content (AvgIpc) is 3.01. The largest absolute Gasteiger partial charge is 0.493 e. The minimum absolute atomic E-state index is 0.0394. The molecule has 7 heteroatoms. The molecule has 0 saturated carbocycles. The number of cyclic esters (lactones) is 1. The zero-order valence-electron chi connectivity index (χ0n) is 14.4. The van der Waals surface area contributed by atoms with Crippen LogP contribution in [0.25, 0.3) is 6.08 Å². The van der Waals surface area contributed by atoms with Crippen molar-refractivity contribution in [3.8, 4) is 17.2 Å². The van der Waals surface area contributed by atoms with Crippen LogP contribution in [0.4, 0.5) is 4.39 Å². The SMILES string of the molecule is COc1cc(C=C2N=C(c3ccccc3F)OC2=O)cc(OC)c1OC. The van der Waals surface area contributed by atoms with Crippen molar-refractivity contribution < 1.29 is 28.1 Å². The lowest BCUT2D eigenvalue weighted by Crippen LogP contribution is -2.07. The molecule has 0 atom stereocenters. The third-order valence-electron chi connectivity index (χ3n) is 3.72. The second-order valence-electron chi connectivity index (χ2n) is 5.27. The topological polar surface area (TPSA) is 66.4 Å². The number of rotatable bonds is 5. The molecule has 1 heterocycles. The Balaban J connectivity index is 2.02. The minimum atomic E-state index is -0.669. The van der Waals surface area contributed by atoms with E-state index in [4.69, 9.17) is 18.9 Å². The lowest BCUT2D eigenvalue weighted by Gasteiger charge is -2.12. The smallest absolute Gasteiger partial charge is 0.363 e. The van der Waals surface area contributed by atoms with Gasteiger partial charge >= 0.3 is 5.97 Å². The maximum absolute atomic E-state index is 13.9. The van der Waals surface area contributed by atoms with Gasteiger partial charge in [0.05, 0.1) is 26.9 Å². The first-order valence-electron chi connectivity index (χ1n) is 7.65. The van der Waals surface area contributed by atoms with Crippen molar-refractivity contribution in [2.45, 2.75) is 0 Å². The number of carbonyl (C=O) groups excluding carboxylic acids is 1. The van der Waals surface area contributed by atoms with E-state index in [2.05, 4.69) is 4.99 Å². The second-order valence-corrected chi connectivity index (χ2v) is 5.27. The van der Waals surface area contributed by atoms with Crippen molar-refractivity contribution in [1.82, 2.24) is 0 Å². The molecular formula is C19H16FNO5. The molecule has 0 radical (unpaired) electrons. The average molecular weight is 357 g/mol. The maximum Gasteiger partial charge on any atom is 0.363 e. The summed E-state index contributed by atoms with van der Waals surface area (Å²) in [5.74, 6) is 0.0327. The van der Waals surface area contributed by atoms with Crippen molar-refractivity contribution in [1.29, 1.82) is 0 Å². The van der Waals surface area contributed by atoms with E-state index >= 15 is 0 Å². The van der Waals surface area contributed by atoms with Crippen molar-refractivity contribution >= 4 is 17.9 Å². The summed E-state index contributed by atoms with van der Waals surface area (Å²) < 4.78 is 34.8. The van der Waals surface area contributed by atoms with Crippen molar-refractivity contribution in [2.24, 2.45) is 4.99 Å². The summed E-state index contributed by atoms with van der Waals surface area (Å²) in [6, 6.07) is 9.27. The molecule has 134 valence electrons. The van der Waals surface area contributed by atoms with E-state index < -0.39 is 11.8 Å². The first kappa shape index (κ1) is 17.5. The number of hydrogen-bond donors (Lipinski definition) is 0. The van der Waals surface area contributed by atoms with Gasteiger partial charge in [-0.25, -0.2) is 14.2 Å². The van der Waals surface area contributed by atoms with E-state index in [-0.39, 0.29) is 17.2 Å². The molecule has 0 aromatic heterocycles. The molecule has 6 nitrogen and oxygen atoms in total. The molecule has 0 spiro atoms. The van der Waals surface area contributed by atoms with Crippen LogP contribution in [-0.2, 0) is 9.53 Å². The van der Waals surface area contributed by atoms with E-state index in [9.17, 15) is 9.18 Å². The number of nitrogens with zero attached hydrogens (tertiary/aromatic N) is 1. The van der Waals surface area contributed by atoms with Crippen molar-refractivity contribution in [3.63, 3.8) is 0 Å². The Hall–Kier alpha value is -3.35. The van der Waals surface area contributed by atoms with Gasteiger partial charge in [0.2, 0.25) is 11.6 Å². The summed E-state index contributed by atoms with van der Waals surface area (Å²) in [4.78, 5) is 16.2. The Morgan fingerprint density at radius 3 is 2.27 bits per heavy atom. The number of benzene rings is 2. The van der Waals surface area contributed by atoms with E-state index in [0.29, 0.717) is 22.8 Å². The van der Waals surface area contributed by atoms with Gasteiger partial charge < -0.3 is 18.9 Å². The Kier molecular flexibility index (Phi) is 4.88. The summed E-state index contributed by atoms with van der Waals surface area (Å²) in [5, 5.41) is 0. The van der Waals surface area contributed by atoms with E-state index in [1.165, 1.54) is 39.5 Å². The fourth-order valence-electron chi connectivity index (χ4n) is 2.50. The number of aliphatic imine (C=N–C) groups is 1. The molecule has 0 aliphatic carbocycles.